The number of rotatable bonds is 4. The van der Waals surface area contributed by atoms with Crippen molar-refractivity contribution in [3.8, 4) is 0 Å². The van der Waals surface area contributed by atoms with Crippen LogP contribution in [0.3, 0.4) is 0 Å². The van der Waals surface area contributed by atoms with E-state index in [9.17, 15) is 9.18 Å². The van der Waals surface area contributed by atoms with Gasteiger partial charge in [0.05, 0.1) is 31.5 Å². The molecule has 4 nitrogen and oxygen atoms in total. The molecule has 0 aliphatic carbocycles. The van der Waals surface area contributed by atoms with E-state index in [-0.39, 0.29) is 17.8 Å². The summed E-state index contributed by atoms with van der Waals surface area (Å²) >= 11 is 6.11. The fourth-order valence-corrected chi connectivity index (χ4v) is 5.14. The van der Waals surface area contributed by atoms with E-state index in [1.165, 1.54) is 34.8 Å². The molecule has 0 radical (unpaired) electrons. The van der Waals surface area contributed by atoms with Gasteiger partial charge in [-0.3, -0.25) is 9.69 Å². The van der Waals surface area contributed by atoms with Gasteiger partial charge >= 0.3 is 0 Å². The van der Waals surface area contributed by atoms with Crippen LogP contribution in [0.1, 0.15) is 22.5 Å². The van der Waals surface area contributed by atoms with Crippen LogP contribution in [0.15, 0.2) is 34.1 Å². The number of halogens is 2. The van der Waals surface area contributed by atoms with E-state index in [1.807, 2.05) is 6.07 Å². The van der Waals surface area contributed by atoms with E-state index in [4.69, 9.17) is 4.74 Å². The highest BCUT2D eigenvalue weighted by Crippen LogP contribution is 2.32. The predicted molar refractivity (Wildman–Crippen MR) is 102 cm³/mol. The number of hydrogen-bond acceptors (Lipinski definition) is 5. The highest BCUT2D eigenvalue weighted by atomic mass is 79.9. The third-order valence-electron chi connectivity index (χ3n) is 4.01. The summed E-state index contributed by atoms with van der Waals surface area (Å²) in [6.45, 7) is 1.18. The van der Waals surface area contributed by atoms with Gasteiger partial charge in [0.2, 0.25) is 0 Å². The molecule has 0 bridgehead atoms. The Morgan fingerprint density at radius 1 is 1.36 bits per heavy atom. The second-order valence-electron chi connectivity index (χ2n) is 5.76. The summed E-state index contributed by atoms with van der Waals surface area (Å²) in [5.74, 6) is -0.410. The van der Waals surface area contributed by atoms with Crippen LogP contribution in [0.25, 0.3) is 10.2 Å². The molecule has 1 atom stereocenters. The zero-order chi connectivity index (χ0) is 17.4. The van der Waals surface area contributed by atoms with Crippen LogP contribution in [0, 0.1) is 5.82 Å². The van der Waals surface area contributed by atoms with Gasteiger partial charge in [-0.1, -0.05) is 11.3 Å². The van der Waals surface area contributed by atoms with Gasteiger partial charge < -0.3 is 4.74 Å². The molecule has 25 heavy (non-hydrogen) atoms. The van der Waals surface area contributed by atoms with Crippen LogP contribution >= 0.6 is 38.6 Å². The molecule has 130 valence electrons. The summed E-state index contributed by atoms with van der Waals surface area (Å²) in [6, 6.07) is 8.13. The molecule has 0 N–H and O–H groups in total. The predicted octanol–water partition coefficient (Wildman–Crippen LogP) is 5.09. The number of ether oxygens (including phenoxy) is 1. The molecule has 1 aliphatic heterocycles. The number of anilines is 1. The normalized spacial score (nSPS) is 17.3. The lowest BCUT2D eigenvalue weighted by atomic mass is 10.2. The van der Waals surface area contributed by atoms with Crippen molar-refractivity contribution in [1.29, 1.82) is 0 Å². The number of carbonyl (C=O) groups excluding carboxylic acids is 1. The van der Waals surface area contributed by atoms with E-state index >= 15 is 0 Å². The quantitative estimate of drug-likeness (QED) is 0.567. The summed E-state index contributed by atoms with van der Waals surface area (Å²) in [5, 5.41) is 0.575. The molecule has 1 aromatic carbocycles. The van der Waals surface area contributed by atoms with Crippen LogP contribution in [0.5, 0.6) is 0 Å². The molecule has 4 rings (SSSR count). The molecule has 0 saturated carbocycles. The zero-order valence-electron chi connectivity index (χ0n) is 13.1. The molecule has 1 amide bonds. The number of hydrogen-bond donors (Lipinski definition) is 0. The summed E-state index contributed by atoms with van der Waals surface area (Å²) in [4.78, 5) is 19.9. The molecule has 1 aliphatic rings. The highest BCUT2D eigenvalue weighted by Gasteiger charge is 2.27. The van der Waals surface area contributed by atoms with Crippen molar-refractivity contribution in [3.05, 3.63) is 44.8 Å². The Hall–Kier alpha value is -1.35. The number of fused-ring (bicyclic) bond motifs is 1. The van der Waals surface area contributed by atoms with Crippen LogP contribution in [-0.2, 0) is 4.74 Å². The van der Waals surface area contributed by atoms with Crippen LogP contribution in [-0.4, -0.2) is 30.1 Å². The third kappa shape index (κ3) is 3.62. The Labute approximate surface area is 160 Å². The maximum atomic E-state index is 13.5. The summed E-state index contributed by atoms with van der Waals surface area (Å²) in [6.07, 6.45) is 1.94. The van der Waals surface area contributed by atoms with Crippen molar-refractivity contribution in [2.45, 2.75) is 18.9 Å². The molecule has 2 aromatic heterocycles. The van der Waals surface area contributed by atoms with Crippen molar-refractivity contribution in [2.75, 3.05) is 18.1 Å². The van der Waals surface area contributed by atoms with E-state index in [0.717, 1.165) is 27.9 Å². The first-order valence-corrected chi connectivity index (χ1v) is 10.3. The number of amides is 1. The first-order valence-electron chi connectivity index (χ1n) is 7.85. The van der Waals surface area contributed by atoms with Gasteiger partial charge in [-0.25, -0.2) is 9.37 Å². The Kier molecular flexibility index (Phi) is 4.86. The van der Waals surface area contributed by atoms with Gasteiger partial charge in [-0.05, 0) is 59.1 Å². The Bertz CT molecular complexity index is 920. The number of aromatic nitrogens is 1. The second kappa shape index (κ2) is 7.11. The number of thiazole rings is 1. The van der Waals surface area contributed by atoms with E-state index in [2.05, 4.69) is 20.9 Å². The van der Waals surface area contributed by atoms with Crippen molar-refractivity contribution in [3.63, 3.8) is 0 Å². The number of carbonyl (C=O) groups is 1. The molecule has 1 fully saturated rings. The zero-order valence-corrected chi connectivity index (χ0v) is 16.3. The standard InChI is InChI=1S/C17H14BrFN2O2S2/c18-15-6-5-13(24-15)16(22)21(9-11-2-1-7-23-11)17-20-12-4-3-10(19)8-14(12)25-17/h3-6,8,11H,1-2,7,9H2. The topological polar surface area (TPSA) is 42.4 Å². The van der Waals surface area contributed by atoms with Gasteiger partial charge in [0.15, 0.2) is 5.13 Å². The van der Waals surface area contributed by atoms with E-state index in [0.29, 0.717) is 22.1 Å². The summed E-state index contributed by atoms with van der Waals surface area (Å²) < 4.78 is 20.8. The largest absolute Gasteiger partial charge is 0.376 e. The SMILES string of the molecule is O=C(c1ccc(Br)s1)N(CC1CCCO1)c1nc2ccc(F)cc2s1. The molecule has 1 saturated heterocycles. The van der Waals surface area contributed by atoms with Gasteiger partial charge in [0.1, 0.15) is 5.82 Å². The minimum absolute atomic E-state index is 0.0103. The minimum Gasteiger partial charge on any atom is -0.376 e. The van der Waals surface area contributed by atoms with Crippen molar-refractivity contribution < 1.29 is 13.9 Å². The van der Waals surface area contributed by atoms with Gasteiger partial charge in [0, 0.05) is 6.61 Å². The lowest BCUT2D eigenvalue weighted by molar-refractivity contribution is 0.0920. The molecule has 3 aromatic rings. The number of thiophene rings is 1. The highest BCUT2D eigenvalue weighted by molar-refractivity contribution is 9.11. The van der Waals surface area contributed by atoms with Crippen molar-refractivity contribution >= 4 is 59.9 Å². The minimum atomic E-state index is -0.304. The van der Waals surface area contributed by atoms with Crippen molar-refractivity contribution in [1.82, 2.24) is 4.98 Å². The monoisotopic (exact) mass is 440 g/mol. The maximum Gasteiger partial charge on any atom is 0.270 e. The van der Waals surface area contributed by atoms with E-state index in [1.54, 1.807) is 17.0 Å². The Balaban J connectivity index is 1.70. The number of nitrogens with zero attached hydrogens (tertiary/aromatic N) is 2. The third-order valence-corrected chi connectivity index (χ3v) is 6.66. The first kappa shape index (κ1) is 17.1. The van der Waals surface area contributed by atoms with Crippen molar-refractivity contribution in [2.24, 2.45) is 0 Å². The second-order valence-corrected chi connectivity index (χ2v) is 9.24. The molecule has 1 unspecified atom stereocenters. The molecular formula is C17H14BrFN2O2S2. The number of benzene rings is 1. The van der Waals surface area contributed by atoms with Gasteiger partial charge in [-0.15, -0.1) is 11.3 Å². The lowest BCUT2D eigenvalue weighted by Gasteiger charge is -2.22. The fraction of sp³-hybridized carbons (Fsp3) is 0.294. The van der Waals surface area contributed by atoms with Crippen LogP contribution < -0.4 is 4.90 Å². The fourth-order valence-electron chi connectivity index (χ4n) is 2.80. The molecule has 0 spiro atoms. The van der Waals surface area contributed by atoms with E-state index < -0.39 is 0 Å². The van der Waals surface area contributed by atoms with Crippen LogP contribution in [0.4, 0.5) is 9.52 Å². The lowest BCUT2D eigenvalue weighted by Crippen LogP contribution is -2.37. The molecule has 8 heteroatoms. The summed E-state index contributed by atoms with van der Waals surface area (Å²) in [7, 11) is 0. The Morgan fingerprint density at radius 3 is 2.96 bits per heavy atom. The smallest absolute Gasteiger partial charge is 0.270 e. The van der Waals surface area contributed by atoms with Crippen LogP contribution in [0.2, 0.25) is 0 Å². The molecular weight excluding hydrogens is 427 g/mol. The summed E-state index contributed by atoms with van der Waals surface area (Å²) in [5.41, 5.74) is 0.693. The first-order chi connectivity index (χ1) is 12.1. The van der Waals surface area contributed by atoms with Gasteiger partial charge in [0.25, 0.3) is 5.91 Å². The van der Waals surface area contributed by atoms with Gasteiger partial charge in [-0.2, -0.15) is 0 Å². The molecule has 3 heterocycles. The Morgan fingerprint density at radius 2 is 2.24 bits per heavy atom. The average Bonchev–Trinajstić information content (AvgIpc) is 3.31. The maximum absolute atomic E-state index is 13.5. The average molecular weight is 441 g/mol.